The van der Waals surface area contributed by atoms with Gasteiger partial charge in [0.2, 0.25) is 0 Å². The maximum Gasteiger partial charge on any atom is 0.164 e. The zero-order chi connectivity index (χ0) is 42.3. The highest BCUT2D eigenvalue weighted by Gasteiger charge is 2.47. The average Bonchev–Trinajstić information content (AvgIpc) is 3.70. The molecule has 11 rings (SSSR count). The maximum atomic E-state index is 5.15. The van der Waals surface area contributed by atoms with Gasteiger partial charge in [0, 0.05) is 38.6 Å². The van der Waals surface area contributed by atoms with Gasteiger partial charge in [-0.3, -0.25) is 0 Å². The van der Waals surface area contributed by atoms with E-state index in [2.05, 4.69) is 133 Å². The number of benzene rings is 6. The van der Waals surface area contributed by atoms with Crippen LogP contribution in [-0.4, -0.2) is 29.9 Å². The zero-order valence-corrected chi connectivity index (χ0v) is 36.0. The smallest absolute Gasteiger partial charge is 0.164 e. The third kappa shape index (κ3) is 5.92. The van der Waals surface area contributed by atoms with Gasteiger partial charge in [0.15, 0.2) is 34.9 Å². The molecule has 0 amide bonds. The van der Waals surface area contributed by atoms with Crippen LogP contribution < -0.4 is 0 Å². The van der Waals surface area contributed by atoms with Gasteiger partial charge in [0.1, 0.15) is 0 Å². The third-order valence-corrected chi connectivity index (χ3v) is 13.4. The van der Waals surface area contributed by atoms with E-state index in [9.17, 15) is 0 Å². The predicted octanol–water partition coefficient (Wildman–Crippen LogP) is 13.4. The van der Waals surface area contributed by atoms with Crippen LogP contribution in [0.4, 0.5) is 0 Å². The van der Waals surface area contributed by atoms with Crippen LogP contribution in [0.1, 0.15) is 79.7 Å². The molecule has 3 aliphatic rings. The minimum Gasteiger partial charge on any atom is -0.209 e. The van der Waals surface area contributed by atoms with Crippen molar-refractivity contribution in [2.45, 2.75) is 65.2 Å². The number of allylic oxidation sites excluding steroid dienone is 4. The second-order valence-corrected chi connectivity index (χ2v) is 17.9. The summed E-state index contributed by atoms with van der Waals surface area (Å²) in [6.07, 6.45) is 8.33. The van der Waals surface area contributed by atoms with Gasteiger partial charge in [-0.25, -0.2) is 29.9 Å². The second-order valence-electron chi connectivity index (χ2n) is 17.9. The van der Waals surface area contributed by atoms with Crippen molar-refractivity contribution >= 4 is 5.57 Å². The van der Waals surface area contributed by atoms with Gasteiger partial charge in [-0.1, -0.05) is 161 Å². The monoisotopic (exact) mass is 802 g/mol. The highest BCUT2D eigenvalue weighted by molar-refractivity contribution is 5.96. The summed E-state index contributed by atoms with van der Waals surface area (Å²) < 4.78 is 0. The quantitative estimate of drug-likeness (QED) is 0.167. The Hall–Kier alpha value is -7.18. The van der Waals surface area contributed by atoms with Crippen molar-refractivity contribution in [3.8, 4) is 79.2 Å². The van der Waals surface area contributed by atoms with Gasteiger partial charge in [-0.05, 0) is 100 Å². The number of nitrogens with zero attached hydrogens (tertiary/aromatic N) is 6. The van der Waals surface area contributed by atoms with E-state index < -0.39 is 0 Å². The van der Waals surface area contributed by atoms with Gasteiger partial charge in [-0.2, -0.15) is 0 Å². The highest BCUT2D eigenvalue weighted by Crippen LogP contribution is 2.61. The Balaban J connectivity index is 1.04. The molecule has 0 saturated heterocycles. The van der Waals surface area contributed by atoms with Crippen molar-refractivity contribution in [3.05, 3.63) is 185 Å². The van der Waals surface area contributed by atoms with E-state index in [0.717, 1.165) is 52.1 Å². The fraction of sp³-hybridized carbons (Fsp3) is 0.179. The molecule has 300 valence electrons. The van der Waals surface area contributed by atoms with Crippen LogP contribution in [-0.2, 0) is 10.8 Å². The van der Waals surface area contributed by atoms with Crippen molar-refractivity contribution in [2.24, 2.45) is 0 Å². The lowest BCUT2D eigenvalue weighted by atomic mass is 9.71. The van der Waals surface area contributed by atoms with E-state index in [1.807, 2.05) is 54.6 Å². The number of hydrogen-bond acceptors (Lipinski definition) is 6. The Morgan fingerprint density at radius 3 is 1.16 bits per heavy atom. The van der Waals surface area contributed by atoms with E-state index in [1.54, 1.807) is 0 Å². The molecule has 0 unspecified atom stereocenters. The van der Waals surface area contributed by atoms with Crippen LogP contribution >= 0.6 is 0 Å². The van der Waals surface area contributed by atoms with Gasteiger partial charge >= 0.3 is 0 Å². The average molecular weight is 803 g/mol. The van der Waals surface area contributed by atoms with Crippen LogP contribution in [0.25, 0.3) is 84.8 Å². The number of rotatable bonds is 6. The summed E-state index contributed by atoms with van der Waals surface area (Å²) in [6.45, 7) is 14.2. The van der Waals surface area contributed by atoms with Crippen molar-refractivity contribution in [3.63, 3.8) is 0 Å². The molecule has 0 radical (unpaired) electrons. The lowest BCUT2D eigenvalue weighted by molar-refractivity contribution is 0.600. The van der Waals surface area contributed by atoms with Gasteiger partial charge in [-0.15, -0.1) is 0 Å². The molecule has 2 heterocycles. The van der Waals surface area contributed by atoms with E-state index >= 15 is 0 Å². The summed E-state index contributed by atoms with van der Waals surface area (Å²) in [5.41, 5.74) is 18.7. The fourth-order valence-corrected chi connectivity index (χ4v) is 10.1. The van der Waals surface area contributed by atoms with Crippen LogP contribution in [0.2, 0.25) is 0 Å². The molecule has 6 aromatic carbocycles. The number of aromatic nitrogens is 6. The highest BCUT2D eigenvalue weighted by atomic mass is 15.0. The lowest BCUT2D eigenvalue weighted by Gasteiger charge is -2.32. The Labute approximate surface area is 363 Å². The number of hydrogen-bond donors (Lipinski definition) is 0. The largest absolute Gasteiger partial charge is 0.209 e. The molecule has 2 aromatic heterocycles. The maximum absolute atomic E-state index is 5.15. The molecule has 3 aliphatic carbocycles. The molecule has 0 atom stereocenters. The van der Waals surface area contributed by atoms with Crippen LogP contribution in [0.5, 0.6) is 0 Å². The summed E-state index contributed by atoms with van der Waals surface area (Å²) in [7, 11) is 0. The second kappa shape index (κ2) is 14.2. The lowest BCUT2D eigenvalue weighted by Crippen LogP contribution is -2.24. The van der Waals surface area contributed by atoms with E-state index in [4.69, 9.17) is 29.9 Å². The Morgan fingerprint density at radius 2 is 0.790 bits per heavy atom. The Bertz CT molecular complexity index is 3120. The summed E-state index contributed by atoms with van der Waals surface area (Å²) in [4.78, 5) is 30.5. The van der Waals surface area contributed by atoms with Gasteiger partial charge in [0.05, 0.1) is 0 Å². The molecule has 8 aromatic rings. The first-order chi connectivity index (χ1) is 30.1. The molecule has 6 heteroatoms. The van der Waals surface area contributed by atoms with Crippen molar-refractivity contribution < 1.29 is 0 Å². The Morgan fingerprint density at radius 1 is 0.419 bits per heavy atom. The first-order valence-electron chi connectivity index (χ1n) is 21.6. The summed E-state index contributed by atoms with van der Waals surface area (Å²) in [6, 6.07) is 44.3. The third-order valence-electron chi connectivity index (χ3n) is 13.4. The normalized spacial score (nSPS) is 15.1. The SMILES string of the molecule is Cc1c(C)c2c(c3c1-c1ccc(-c4nc(C5=CC=CCC5)nc(-c5ccccc5)n4)cc1C3(C)C)C(C)(C)c1cc(-c3nc(-c4ccccc4)nc(-c4ccccc4)n3)ccc1-2. The van der Waals surface area contributed by atoms with Crippen molar-refractivity contribution in [1.29, 1.82) is 0 Å². The standard InChI is InChI=1S/C56H46N6/c1-33-34(2)46-42-30-28-40(54-61-51(37-23-15-9-16-24-37)58-52(62-54)38-25-17-10-18-26-38)32-44(42)56(5,6)48(46)47-45(33)41-29-27-39(31-43(41)55(47,3)4)53-59-49(35-19-11-7-12-20-35)57-50(60-53)36-21-13-8-14-22-36/h7-17,19-25,27-32H,18,26H2,1-6H3. The topological polar surface area (TPSA) is 77.3 Å². The zero-order valence-electron chi connectivity index (χ0n) is 36.0. The molecule has 0 saturated carbocycles. The molecule has 6 nitrogen and oxygen atoms in total. The minimum atomic E-state index is -0.307. The van der Waals surface area contributed by atoms with E-state index in [0.29, 0.717) is 29.1 Å². The minimum absolute atomic E-state index is 0.302. The summed E-state index contributed by atoms with van der Waals surface area (Å²) in [5.74, 6) is 4.12. The molecular formula is C56H46N6. The van der Waals surface area contributed by atoms with E-state index in [1.165, 1.54) is 55.6 Å². The number of fused-ring (bicyclic) bond motifs is 7. The predicted molar refractivity (Wildman–Crippen MR) is 251 cm³/mol. The molecule has 62 heavy (non-hydrogen) atoms. The van der Waals surface area contributed by atoms with Crippen LogP contribution in [0.15, 0.2) is 146 Å². The molecule has 0 spiro atoms. The molecule has 0 aliphatic heterocycles. The van der Waals surface area contributed by atoms with Crippen molar-refractivity contribution in [2.75, 3.05) is 0 Å². The molecular weight excluding hydrogens is 757 g/mol. The Kier molecular flexibility index (Phi) is 8.66. The van der Waals surface area contributed by atoms with Crippen molar-refractivity contribution in [1.82, 2.24) is 29.9 Å². The van der Waals surface area contributed by atoms with E-state index in [-0.39, 0.29) is 10.8 Å². The molecule has 0 N–H and O–H groups in total. The van der Waals surface area contributed by atoms with Gasteiger partial charge < -0.3 is 0 Å². The first kappa shape index (κ1) is 37.8. The summed E-state index contributed by atoms with van der Waals surface area (Å²) >= 11 is 0. The fourth-order valence-electron chi connectivity index (χ4n) is 10.1. The first-order valence-corrected chi connectivity index (χ1v) is 21.6. The van der Waals surface area contributed by atoms with Crippen LogP contribution in [0, 0.1) is 13.8 Å². The summed E-state index contributed by atoms with van der Waals surface area (Å²) in [5, 5.41) is 0. The molecule has 0 fully saturated rings. The molecule has 0 bridgehead atoms. The van der Waals surface area contributed by atoms with Gasteiger partial charge in [0.25, 0.3) is 0 Å². The van der Waals surface area contributed by atoms with Crippen LogP contribution in [0.3, 0.4) is 0 Å².